The minimum absolute atomic E-state index is 0.147. The van der Waals surface area contributed by atoms with Crippen molar-refractivity contribution in [2.24, 2.45) is 4.99 Å². The Hall–Kier alpha value is -3.41. The van der Waals surface area contributed by atoms with Crippen molar-refractivity contribution in [2.45, 2.75) is 75.4 Å². The SMILES string of the molecule is Cc1nc2ccccc2n1C1CC2CCC(C1)N2CCC1(c2ccccc2)CCN(/C(=N/C#N)N2CCOCC2)CC1. The van der Waals surface area contributed by atoms with Gasteiger partial charge in [-0.15, -0.1) is 4.99 Å². The molecule has 7 rings (SSSR count). The Kier molecular flexibility index (Phi) is 7.64. The molecule has 8 nitrogen and oxygen atoms in total. The van der Waals surface area contributed by atoms with Gasteiger partial charge in [0.05, 0.1) is 24.2 Å². The van der Waals surface area contributed by atoms with Crippen LogP contribution in [0.1, 0.15) is 62.4 Å². The highest BCUT2D eigenvalue weighted by Gasteiger charge is 2.44. The molecule has 8 heteroatoms. The molecule has 0 amide bonds. The fraction of sp³-hybridized carbons (Fsp3) is 0.559. The van der Waals surface area contributed by atoms with Gasteiger partial charge in [-0.05, 0) is 81.5 Å². The highest BCUT2D eigenvalue weighted by Crippen LogP contribution is 2.45. The molecule has 0 radical (unpaired) electrons. The number of imidazole rings is 1. The maximum atomic E-state index is 9.48. The zero-order valence-electron chi connectivity index (χ0n) is 24.9. The van der Waals surface area contributed by atoms with Gasteiger partial charge in [0, 0.05) is 44.3 Å². The number of guanidine groups is 1. The van der Waals surface area contributed by atoms with Gasteiger partial charge in [-0.3, -0.25) is 4.90 Å². The van der Waals surface area contributed by atoms with Gasteiger partial charge in [-0.2, -0.15) is 5.26 Å². The lowest BCUT2D eigenvalue weighted by Gasteiger charge is -2.47. The number of hydrogen-bond donors (Lipinski definition) is 0. The molecule has 0 aliphatic carbocycles. The van der Waals surface area contributed by atoms with Crippen LogP contribution in [0.15, 0.2) is 59.6 Å². The van der Waals surface area contributed by atoms with E-state index in [9.17, 15) is 5.26 Å². The molecule has 220 valence electrons. The number of aliphatic imine (C=N–C) groups is 1. The molecule has 0 spiro atoms. The monoisotopic (exact) mass is 565 g/mol. The summed E-state index contributed by atoms with van der Waals surface area (Å²) >= 11 is 0. The van der Waals surface area contributed by atoms with Gasteiger partial charge in [0.25, 0.3) is 0 Å². The van der Waals surface area contributed by atoms with Crippen molar-refractivity contribution in [3.8, 4) is 6.19 Å². The highest BCUT2D eigenvalue weighted by molar-refractivity contribution is 5.81. The van der Waals surface area contributed by atoms with Gasteiger partial charge in [-0.1, -0.05) is 42.5 Å². The number of hydrogen-bond acceptors (Lipinski definition) is 5. The molecule has 4 fully saturated rings. The molecule has 3 aromatic rings. The first-order valence-corrected chi connectivity index (χ1v) is 15.9. The van der Waals surface area contributed by atoms with Gasteiger partial charge in [0.2, 0.25) is 12.2 Å². The van der Waals surface area contributed by atoms with Gasteiger partial charge in [0.1, 0.15) is 5.82 Å². The Morgan fingerprint density at radius 2 is 1.60 bits per heavy atom. The van der Waals surface area contributed by atoms with E-state index in [-0.39, 0.29) is 5.41 Å². The largest absolute Gasteiger partial charge is 0.378 e. The third-order valence-corrected chi connectivity index (χ3v) is 10.7. The third kappa shape index (κ3) is 5.07. The summed E-state index contributed by atoms with van der Waals surface area (Å²) in [6, 6.07) is 21.7. The number of benzene rings is 2. The lowest BCUT2D eigenvalue weighted by Crippen LogP contribution is -2.54. The van der Waals surface area contributed by atoms with Crippen molar-refractivity contribution >= 4 is 17.0 Å². The minimum atomic E-state index is 0.147. The maximum absolute atomic E-state index is 9.48. The second kappa shape index (κ2) is 11.7. The summed E-state index contributed by atoms with van der Waals surface area (Å²) in [5.41, 5.74) is 4.03. The number of nitriles is 1. The van der Waals surface area contributed by atoms with Crippen molar-refractivity contribution in [1.29, 1.82) is 5.26 Å². The van der Waals surface area contributed by atoms with Gasteiger partial charge < -0.3 is 19.1 Å². The lowest BCUT2D eigenvalue weighted by atomic mass is 9.70. The van der Waals surface area contributed by atoms with E-state index in [1.807, 2.05) is 0 Å². The summed E-state index contributed by atoms with van der Waals surface area (Å²) < 4.78 is 8.10. The summed E-state index contributed by atoms with van der Waals surface area (Å²) in [5, 5.41) is 9.48. The van der Waals surface area contributed by atoms with Crippen molar-refractivity contribution in [3.63, 3.8) is 0 Å². The normalized spacial score (nSPS) is 26.5. The minimum Gasteiger partial charge on any atom is -0.378 e. The van der Waals surface area contributed by atoms with Crippen LogP contribution in [-0.2, 0) is 10.2 Å². The number of fused-ring (bicyclic) bond motifs is 3. The number of aromatic nitrogens is 2. The van der Waals surface area contributed by atoms with Crippen LogP contribution in [0.4, 0.5) is 0 Å². The van der Waals surface area contributed by atoms with Crippen LogP contribution in [-0.4, -0.2) is 88.2 Å². The number of para-hydroxylation sites is 2. The zero-order chi connectivity index (χ0) is 28.5. The summed E-state index contributed by atoms with van der Waals surface area (Å²) in [6.45, 7) is 8.17. The quantitative estimate of drug-likeness (QED) is 0.243. The highest BCUT2D eigenvalue weighted by atomic mass is 16.5. The standard InChI is InChI=1S/C34H43N7O/c1-26-37-31-9-5-6-10-32(31)41(26)30-23-28-11-12-29(24-30)40(28)18-15-34(27-7-3-2-4-8-27)13-16-38(17-14-34)33(36-25-35)39-19-21-42-22-20-39/h2-10,28-30H,11-24H2,1H3/b36-33-. The molecule has 4 aliphatic rings. The number of morpholine rings is 1. The molecular formula is C34H43N7O. The maximum Gasteiger partial charge on any atom is 0.212 e. The summed E-state index contributed by atoms with van der Waals surface area (Å²) in [5.74, 6) is 1.99. The molecule has 5 heterocycles. The number of piperidine rings is 2. The van der Waals surface area contributed by atoms with E-state index in [0.29, 0.717) is 31.3 Å². The first-order valence-electron chi connectivity index (χ1n) is 15.9. The van der Waals surface area contributed by atoms with E-state index in [1.54, 1.807) is 0 Å². The van der Waals surface area contributed by atoms with Crippen molar-refractivity contribution in [1.82, 2.24) is 24.3 Å². The summed E-state index contributed by atoms with van der Waals surface area (Å²) in [4.78, 5) is 16.6. The van der Waals surface area contributed by atoms with Crippen LogP contribution in [0.3, 0.4) is 0 Å². The van der Waals surface area contributed by atoms with E-state index in [2.05, 4.69) is 92.0 Å². The molecule has 2 bridgehead atoms. The Balaban J connectivity index is 1.06. The average Bonchev–Trinajstić information content (AvgIpc) is 3.50. The molecule has 2 atom stereocenters. The van der Waals surface area contributed by atoms with Crippen molar-refractivity contribution in [2.75, 3.05) is 45.9 Å². The van der Waals surface area contributed by atoms with Crippen LogP contribution in [0.5, 0.6) is 0 Å². The van der Waals surface area contributed by atoms with E-state index in [4.69, 9.17) is 9.72 Å². The van der Waals surface area contributed by atoms with E-state index in [1.165, 1.54) is 43.2 Å². The predicted octanol–water partition coefficient (Wildman–Crippen LogP) is 5.11. The second-order valence-corrected chi connectivity index (χ2v) is 12.8. The van der Waals surface area contributed by atoms with E-state index >= 15 is 0 Å². The molecule has 4 aliphatic heterocycles. The number of ether oxygens (including phenoxy) is 1. The average molecular weight is 566 g/mol. The molecular weight excluding hydrogens is 522 g/mol. The zero-order valence-corrected chi connectivity index (χ0v) is 24.9. The third-order valence-electron chi connectivity index (χ3n) is 10.7. The number of rotatable bonds is 5. The first kappa shape index (κ1) is 27.4. The first-order chi connectivity index (χ1) is 20.6. The molecule has 2 aromatic carbocycles. The Morgan fingerprint density at radius 1 is 0.929 bits per heavy atom. The molecule has 1 aromatic heterocycles. The van der Waals surface area contributed by atoms with Crippen LogP contribution in [0.2, 0.25) is 0 Å². The predicted molar refractivity (Wildman–Crippen MR) is 165 cm³/mol. The topological polar surface area (TPSA) is 72.9 Å². The Bertz CT molecular complexity index is 1430. The van der Waals surface area contributed by atoms with Crippen LogP contribution >= 0.6 is 0 Å². The smallest absolute Gasteiger partial charge is 0.212 e. The molecule has 0 saturated carbocycles. The van der Waals surface area contributed by atoms with E-state index < -0.39 is 0 Å². The number of aryl methyl sites for hydroxylation is 1. The summed E-state index contributed by atoms with van der Waals surface area (Å²) in [7, 11) is 0. The van der Waals surface area contributed by atoms with Gasteiger partial charge in [0.15, 0.2) is 0 Å². The summed E-state index contributed by atoms with van der Waals surface area (Å²) in [6.07, 6.45) is 10.5. The Labute approximate surface area is 249 Å². The van der Waals surface area contributed by atoms with E-state index in [0.717, 1.165) is 62.9 Å². The second-order valence-electron chi connectivity index (χ2n) is 12.8. The van der Waals surface area contributed by atoms with Crippen molar-refractivity contribution in [3.05, 3.63) is 66.0 Å². The van der Waals surface area contributed by atoms with Crippen LogP contribution in [0.25, 0.3) is 11.0 Å². The van der Waals surface area contributed by atoms with Crippen LogP contribution in [0, 0.1) is 18.4 Å². The van der Waals surface area contributed by atoms with Crippen LogP contribution < -0.4 is 0 Å². The lowest BCUT2D eigenvalue weighted by molar-refractivity contribution is 0.0584. The van der Waals surface area contributed by atoms with Gasteiger partial charge in [-0.25, -0.2) is 4.98 Å². The number of nitrogens with zero attached hydrogens (tertiary/aromatic N) is 7. The fourth-order valence-electron chi connectivity index (χ4n) is 8.55. The molecule has 4 saturated heterocycles. The molecule has 0 N–H and O–H groups in total. The fourth-order valence-corrected chi connectivity index (χ4v) is 8.55. The Morgan fingerprint density at radius 3 is 2.31 bits per heavy atom. The number of likely N-dealkylation sites (tertiary alicyclic amines) is 1. The van der Waals surface area contributed by atoms with Gasteiger partial charge >= 0.3 is 0 Å². The van der Waals surface area contributed by atoms with Crippen molar-refractivity contribution < 1.29 is 4.74 Å². The molecule has 42 heavy (non-hydrogen) atoms. The molecule has 2 unspecified atom stereocenters.